The Morgan fingerprint density at radius 3 is 2.80 bits per heavy atom. The van der Waals surface area contributed by atoms with Gasteiger partial charge in [0.25, 0.3) is 5.91 Å². The summed E-state index contributed by atoms with van der Waals surface area (Å²) in [5.74, 6) is 0.439. The Morgan fingerprint density at radius 2 is 2.03 bits per heavy atom. The van der Waals surface area contributed by atoms with Gasteiger partial charge in [-0.3, -0.25) is 9.59 Å². The molecule has 0 unspecified atom stereocenters. The zero-order valence-electron chi connectivity index (χ0n) is 15.7. The SMILES string of the molecule is NC(=O)COc1ccc([C@@H]2CC(=O)Nc3c2cnn3-c2nc3ccccc3s2)cc1. The number of benzene rings is 2. The number of carbonyl (C=O) groups is 2. The molecule has 2 aromatic heterocycles. The third-order valence-corrected chi connectivity index (χ3v) is 5.96. The summed E-state index contributed by atoms with van der Waals surface area (Å²) in [6.07, 6.45) is 2.10. The van der Waals surface area contributed by atoms with E-state index in [1.807, 2.05) is 36.4 Å². The summed E-state index contributed by atoms with van der Waals surface area (Å²) >= 11 is 1.52. The largest absolute Gasteiger partial charge is 0.484 e. The van der Waals surface area contributed by atoms with Crippen molar-refractivity contribution < 1.29 is 14.3 Å². The van der Waals surface area contributed by atoms with Gasteiger partial charge < -0.3 is 15.8 Å². The molecule has 8 nitrogen and oxygen atoms in total. The quantitative estimate of drug-likeness (QED) is 0.517. The molecule has 30 heavy (non-hydrogen) atoms. The van der Waals surface area contributed by atoms with Crippen LogP contribution in [-0.2, 0) is 9.59 Å². The van der Waals surface area contributed by atoms with E-state index in [1.165, 1.54) is 11.3 Å². The van der Waals surface area contributed by atoms with Crippen LogP contribution in [0.25, 0.3) is 15.3 Å². The molecule has 0 saturated heterocycles. The molecule has 0 bridgehead atoms. The first kappa shape index (κ1) is 18.3. The fourth-order valence-electron chi connectivity index (χ4n) is 3.56. The highest BCUT2D eigenvalue weighted by atomic mass is 32.1. The minimum absolute atomic E-state index is 0.0792. The Kier molecular flexibility index (Phi) is 4.44. The zero-order chi connectivity index (χ0) is 20.7. The molecule has 0 radical (unpaired) electrons. The van der Waals surface area contributed by atoms with Gasteiger partial charge in [-0.05, 0) is 29.8 Å². The second kappa shape index (κ2) is 7.27. The average molecular weight is 419 g/mol. The molecule has 2 aromatic carbocycles. The molecule has 3 N–H and O–H groups in total. The van der Waals surface area contributed by atoms with E-state index in [4.69, 9.17) is 10.5 Å². The van der Waals surface area contributed by atoms with Crippen LogP contribution in [0.5, 0.6) is 5.75 Å². The first-order valence-corrected chi connectivity index (χ1v) is 10.1. The Balaban J connectivity index is 1.49. The van der Waals surface area contributed by atoms with Gasteiger partial charge in [-0.1, -0.05) is 35.6 Å². The number of aromatic nitrogens is 3. The number of amides is 2. The van der Waals surface area contributed by atoms with Crippen molar-refractivity contribution in [3.8, 4) is 10.9 Å². The second-order valence-corrected chi connectivity index (χ2v) is 7.96. The fraction of sp³-hybridized carbons (Fsp3) is 0.143. The molecule has 2 amide bonds. The number of ether oxygens (including phenoxy) is 1. The highest BCUT2D eigenvalue weighted by Gasteiger charge is 2.31. The number of primary amides is 1. The molecular weight excluding hydrogens is 402 g/mol. The second-order valence-electron chi connectivity index (χ2n) is 6.95. The zero-order valence-corrected chi connectivity index (χ0v) is 16.6. The highest BCUT2D eigenvalue weighted by Crippen LogP contribution is 2.39. The summed E-state index contributed by atoms with van der Waals surface area (Å²) in [6.45, 7) is -0.176. The maximum Gasteiger partial charge on any atom is 0.255 e. The first-order chi connectivity index (χ1) is 14.6. The van der Waals surface area contributed by atoms with E-state index in [0.29, 0.717) is 23.1 Å². The minimum atomic E-state index is -0.532. The van der Waals surface area contributed by atoms with Crippen LogP contribution in [0.3, 0.4) is 0 Å². The van der Waals surface area contributed by atoms with Gasteiger partial charge in [0.1, 0.15) is 11.6 Å². The number of rotatable bonds is 5. The Bertz CT molecular complexity index is 1230. The van der Waals surface area contributed by atoms with Crippen LogP contribution in [0.15, 0.2) is 54.7 Å². The molecule has 0 aliphatic carbocycles. The van der Waals surface area contributed by atoms with Crippen molar-refractivity contribution in [1.82, 2.24) is 14.8 Å². The van der Waals surface area contributed by atoms with Gasteiger partial charge in [0, 0.05) is 17.9 Å². The first-order valence-electron chi connectivity index (χ1n) is 9.33. The molecule has 5 rings (SSSR count). The Morgan fingerprint density at radius 1 is 1.23 bits per heavy atom. The predicted molar refractivity (Wildman–Crippen MR) is 113 cm³/mol. The Hall–Kier alpha value is -3.72. The van der Waals surface area contributed by atoms with Crippen molar-refractivity contribution >= 4 is 39.2 Å². The molecule has 4 aromatic rings. The lowest BCUT2D eigenvalue weighted by Crippen LogP contribution is -2.24. The van der Waals surface area contributed by atoms with Crippen LogP contribution in [-0.4, -0.2) is 33.2 Å². The lowest BCUT2D eigenvalue weighted by Gasteiger charge is -2.23. The molecule has 9 heteroatoms. The molecule has 0 saturated carbocycles. The number of nitrogens with zero attached hydrogens (tertiary/aromatic N) is 3. The number of nitrogens with two attached hydrogens (primary N) is 1. The maximum atomic E-state index is 12.5. The topological polar surface area (TPSA) is 112 Å². The monoisotopic (exact) mass is 419 g/mol. The van der Waals surface area contributed by atoms with Crippen LogP contribution in [0.2, 0.25) is 0 Å². The van der Waals surface area contributed by atoms with Gasteiger partial charge >= 0.3 is 0 Å². The van der Waals surface area contributed by atoms with Crippen LogP contribution < -0.4 is 15.8 Å². The molecule has 1 aliphatic rings. The van der Waals surface area contributed by atoms with Gasteiger partial charge in [0.2, 0.25) is 11.0 Å². The summed E-state index contributed by atoms with van der Waals surface area (Å²) in [6, 6.07) is 15.2. The van der Waals surface area contributed by atoms with Crippen molar-refractivity contribution in [1.29, 1.82) is 0 Å². The standard InChI is InChI=1S/C21H17N5O3S/c22-18(27)11-29-13-7-5-12(6-8-13)14-9-19(28)25-20-15(14)10-23-26(20)21-24-16-3-1-2-4-17(16)30-21/h1-8,10,14H,9,11H2,(H2,22,27)(H,25,28)/t14-/m0/s1. The van der Waals surface area contributed by atoms with E-state index in [9.17, 15) is 9.59 Å². The maximum absolute atomic E-state index is 12.5. The number of anilines is 1. The molecule has 1 atom stereocenters. The lowest BCUT2D eigenvalue weighted by atomic mass is 9.87. The summed E-state index contributed by atoms with van der Waals surface area (Å²) in [4.78, 5) is 28.0. The van der Waals surface area contributed by atoms with Crippen LogP contribution in [0, 0.1) is 0 Å². The smallest absolute Gasteiger partial charge is 0.255 e. The van der Waals surface area contributed by atoms with E-state index in [-0.39, 0.29) is 18.4 Å². The van der Waals surface area contributed by atoms with E-state index < -0.39 is 5.91 Å². The van der Waals surface area contributed by atoms with Crippen LogP contribution in [0.1, 0.15) is 23.5 Å². The molecule has 3 heterocycles. The van der Waals surface area contributed by atoms with Crippen molar-refractivity contribution in [2.75, 3.05) is 11.9 Å². The van der Waals surface area contributed by atoms with Crippen LogP contribution in [0.4, 0.5) is 5.82 Å². The van der Waals surface area contributed by atoms with Gasteiger partial charge in [-0.15, -0.1) is 0 Å². The average Bonchev–Trinajstić information content (AvgIpc) is 3.35. The number of para-hydroxylation sites is 1. The molecule has 150 valence electrons. The molecule has 0 spiro atoms. The normalized spacial score (nSPS) is 15.6. The van der Waals surface area contributed by atoms with Crippen LogP contribution >= 0.6 is 11.3 Å². The van der Waals surface area contributed by atoms with Crippen molar-refractivity contribution in [3.05, 3.63) is 65.9 Å². The van der Waals surface area contributed by atoms with Crippen molar-refractivity contribution in [3.63, 3.8) is 0 Å². The third-order valence-electron chi connectivity index (χ3n) is 4.95. The molecule has 0 fully saturated rings. The van der Waals surface area contributed by atoms with Crippen molar-refractivity contribution in [2.24, 2.45) is 5.73 Å². The van der Waals surface area contributed by atoms with E-state index in [0.717, 1.165) is 21.3 Å². The number of carbonyl (C=O) groups excluding carboxylic acids is 2. The summed E-state index contributed by atoms with van der Waals surface area (Å²) in [5, 5.41) is 8.16. The Labute approximate surface area is 175 Å². The van der Waals surface area contributed by atoms with Crippen molar-refractivity contribution in [2.45, 2.75) is 12.3 Å². The molecular formula is C21H17N5O3S. The number of thiazole rings is 1. The van der Waals surface area contributed by atoms with E-state index >= 15 is 0 Å². The van der Waals surface area contributed by atoms with E-state index in [2.05, 4.69) is 15.4 Å². The van der Waals surface area contributed by atoms with Gasteiger partial charge in [-0.25, -0.2) is 4.98 Å². The summed E-state index contributed by atoms with van der Waals surface area (Å²) < 4.78 is 8.06. The third kappa shape index (κ3) is 3.29. The highest BCUT2D eigenvalue weighted by molar-refractivity contribution is 7.20. The number of hydrogen-bond donors (Lipinski definition) is 2. The minimum Gasteiger partial charge on any atom is -0.484 e. The number of nitrogens with one attached hydrogen (secondary N) is 1. The van der Waals surface area contributed by atoms with Gasteiger partial charge in [0.15, 0.2) is 6.61 Å². The lowest BCUT2D eigenvalue weighted by molar-refractivity contribution is -0.120. The number of hydrogen-bond acceptors (Lipinski definition) is 6. The van der Waals surface area contributed by atoms with Gasteiger partial charge in [0.05, 0.1) is 16.4 Å². The van der Waals surface area contributed by atoms with E-state index in [1.54, 1.807) is 23.0 Å². The summed E-state index contributed by atoms with van der Waals surface area (Å²) in [5.41, 5.74) is 7.89. The predicted octanol–water partition coefficient (Wildman–Crippen LogP) is 2.82. The number of fused-ring (bicyclic) bond motifs is 2. The van der Waals surface area contributed by atoms with Gasteiger partial charge in [-0.2, -0.15) is 9.78 Å². The summed E-state index contributed by atoms with van der Waals surface area (Å²) in [7, 11) is 0. The molecule has 1 aliphatic heterocycles. The fourth-order valence-corrected chi connectivity index (χ4v) is 4.49.